The fourth-order valence-corrected chi connectivity index (χ4v) is 1.77. The van der Waals surface area contributed by atoms with Crippen LogP contribution in [0.5, 0.6) is 0 Å². The zero-order valence-corrected chi connectivity index (χ0v) is 9.56. The summed E-state index contributed by atoms with van der Waals surface area (Å²) < 4.78 is 2.02. The van der Waals surface area contributed by atoms with Crippen LogP contribution in [0, 0.1) is 0 Å². The average molecular weight is 215 g/mol. The average Bonchev–Trinajstić information content (AvgIpc) is 2.74. The fraction of sp³-hybridized carbons (Fsp3) is 0.308. The molecule has 16 heavy (non-hydrogen) atoms. The van der Waals surface area contributed by atoms with Gasteiger partial charge in [0.15, 0.2) is 0 Å². The lowest BCUT2D eigenvalue weighted by Gasteiger charge is -2.04. The lowest BCUT2D eigenvalue weighted by molar-refractivity contribution is 0.832. The highest BCUT2D eigenvalue weighted by molar-refractivity contribution is 5.55. The molecule has 0 radical (unpaired) electrons. The summed E-state index contributed by atoms with van der Waals surface area (Å²) in [6.07, 6.45) is 5.87. The van der Waals surface area contributed by atoms with Gasteiger partial charge in [-0.05, 0) is 24.9 Å². The Hall–Kier alpha value is -1.61. The van der Waals surface area contributed by atoms with Gasteiger partial charge < -0.3 is 10.3 Å². The monoisotopic (exact) mass is 215 g/mol. The van der Waals surface area contributed by atoms with Crippen LogP contribution in [0.3, 0.4) is 0 Å². The molecule has 0 saturated heterocycles. The van der Waals surface area contributed by atoms with Crippen molar-refractivity contribution in [1.82, 2.24) is 9.55 Å². The van der Waals surface area contributed by atoms with E-state index >= 15 is 0 Å². The third-order valence-electron chi connectivity index (χ3n) is 2.70. The first-order chi connectivity index (χ1) is 7.81. The summed E-state index contributed by atoms with van der Waals surface area (Å²) in [5, 5.41) is 0. The maximum Gasteiger partial charge on any atom is 0.139 e. The molecule has 1 heterocycles. The van der Waals surface area contributed by atoms with Crippen molar-refractivity contribution in [3.05, 3.63) is 42.2 Å². The predicted octanol–water partition coefficient (Wildman–Crippen LogP) is 1.98. The fourth-order valence-electron chi connectivity index (χ4n) is 1.77. The van der Waals surface area contributed by atoms with E-state index in [0.29, 0.717) is 0 Å². The van der Waals surface area contributed by atoms with Gasteiger partial charge in [0, 0.05) is 25.0 Å². The number of benzene rings is 1. The molecule has 2 aromatic rings. The SMILES string of the molecule is Cn1ccnc1-c1ccc(CCCN)cc1. The van der Waals surface area contributed by atoms with E-state index < -0.39 is 0 Å². The van der Waals surface area contributed by atoms with E-state index in [9.17, 15) is 0 Å². The zero-order chi connectivity index (χ0) is 11.4. The van der Waals surface area contributed by atoms with E-state index in [1.807, 2.05) is 24.0 Å². The first-order valence-corrected chi connectivity index (χ1v) is 5.58. The molecule has 3 nitrogen and oxygen atoms in total. The molecule has 0 aliphatic heterocycles. The topological polar surface area (TPSA) is 43.8 Å². The molecule has 0 unspecified atom stereocenters. The minimum atomic E-state index is 0.751. The summed E-state index contributed by atoms with van der Waals surface area (Å²) in [7, 11) is 2.00. The highest BCUT2D eigenvalue weighted by atomic mass is 15.0. The summed E-state index contributed by atoms with van der Waals surface area (Å²) in [5.74, 6) is 1.00. The molecule has 1 aromatic heterocycles. The molecule has 84 valence electrons. The van der Waals surface area contributed by atoms with E-state index in [0.717, 1.165) is 30.8 Å². The van der Waals surface area contributed by atoms with Crippen molar-refractivity contribution in [3.8, 4) is 11.4 Å². The number of hydrogen-bond acceptors (Lipinski definition) is 2. The molecule has 0 amide bonds. The Kier molecular flexibility index (Phi) is 3.37. The number of nitrogens with zero attached hydrogens (tertiary/aromatic N) is 2. The molecule has 0 spiro atoms. The molecular formula is C13H17N3. The second-order valence-corrected chi connectivity index (χ2v) is 3.95. The van der Waals surface area contributed by atoms with Gasteiger partial charge in [0.25, 0.3) is 0 Å². The van der Waals surface area contributed by atoms with Crippen LogP contribution in [0.15, 0.2) is 36.7 Å². The Morgan fingerprint density at radius 2 is 2.00 bits per heavy atom. The number of imidazole rings is 1. The van der Waals surface area contributed by atoms with Crippen LogP contribution < -0.4 is 5.73 Å². The van der Waals surface area contributed by atoms with Crippen molar-refractivity contribution in [1.29, 1.82) is 0 Å². The first-order valence-electron chi connectivity index (χ1n) is 5.58. The minimum absolute atomic E-state index is 0.751. The van der Waals surface area contributed by atoms with Gasteiger partial charge in [0.2, 0.25) is 0 Å². The van der Waals surface area contributed by atoms with Crippen LogP contribution in [0.2, 0.25) is 0 Å². The quantitative estimate of drug-likeness (QED) is 0.847. The van der Waals surface area contributed by atoms with Gasteiger partial charge >= 0.3 is 0 Å². The van der Waals surface area contributed by atoms with E-state index in [2.05, 4.69) is 29.2 Å². The van der Waals surface area contributed by atoms with Crippen LogP contribution in [0.25, 0.3) is 11.4 Å². The molecule has 0 atom stereocenters. The molecular weight excluding hydrogens is 198 g/mol. The summed E-state index contributed by atoms with van der Waals surface area (Å²) in [5.41, 5.74) is 7.98. The van der Waals surface area contributed by atoms with E-state index in [1.54, 1.807) is 0 Å². The largest absolute Gasteiger partial charge is 0.334 e. The highest BCUT2D eigenvalue weighted by Crippen LogP contribution is 2.17. The predicted molar refractivity (Wildman–Crippen MR) is 66.0 cm³/mol. The van der Waals surface area contributed by atoms with Crippen molar-refractivity contribution < 1.29 is 0 Å². The highest BCUT2D eigenvalue weighted by Gasteiger charge is 2.02. The number of aromatic nitrogens is 2. The van der Waals surface area contributed by atoms with E-state index in [4.69, 9.17) is 5.73 Å². The molecule has 2 N–H and O–H groups in total. The van der Waals surface area contributed by atoms with E-state index in [-0.39, 0.29) is 0 Å². The summed E-state index contributed by atoms with van der Waals surface area (Å²) >= 11 is 0. The Morgan fingerprint density at radius 3 is 2.56 bits per heavy atom. The van der Waals surface area contributed by atoms with Crippen molar-refractivity contribution in [2.24, 2.45) is 12.8 Å². The summed E-state index contributed by atoms with van der Waals surface area (Å²) in [6, 6.07) is 8.54. The second-order valence-electron chi connectivity index (χ2n) is 3.95. The molecule has 0 fully saturated rings. The number of aryl methyl sites for hydroxylation is 2. The molecule has 0 saturated carbocycles. The van der Waals surface area contributed by atoms with Crippen molar-refractivity contribution >= 4 is 0 Å². The minimum Gasteiger partial charge on any atom is -0.334 e. The second kappa shape index (κ2) is 4.94. The number of rotatable bonds is 4. The smallest absolute Gasteiger partial charge is 0.139 e. The van der Waals surface area contributed by atoms with Crippen molar-refractivity contribution in [2.75, 3.05) is 6.54 Å². The van der Waals surface area contributed by atoms with Crippen LogP contribution in [0.4, 0.5) is 0 Å². The summed E-state index contributed by atoms with van der Waals surface area (Å²) in [4.78, 5) is 4.32. The Morgan fingerprint density at radius 1 is 1.25 bits per heavy atom. The van der Waals surface area contributed by atoms with Gasteiger partial charge in [-0.15, -0.1) is 0 Å². The van der Waals surface area contributed by atoms with Gasteiger partial charge in [-0.2, -0.15) is 0 Å². The van der Waals surface area contributed by atoms with Gasteiger partial charge in [-0.3, -0.25) is 0 Å². The molecule has 3 heteroatoms. The van der Waals surface area contributed by atoms with Crippen molar-refractivity contribution in [3.63, 3.8) is 0 Å². The first kappa shape index (κ1) is 10.9. The maximum absolute atomic E-state index is 5.49. The van der Waals surface area contributed by atoms with Crippen LogP contribution in [-0.4, -0.2) is 16.1 Å². The third kappa shape index (κ3) is 2.31. The number of nitrogens with two attached hydrogens (primary N) is 1. The summed E-state index contributed by atoms with van der Waals surface area (Å²) in [6.45, 7) is 0.751. The maximum atomic E-state index is 5.49. The molecule has 1 aromatic carbocycles. The molecule has 0 bridgehead atoms. The van der Waals surface area contributed by atoms with Gasteiger partial charge in [0.05, 0.1) is 0 Å². The van der Waals surface area contributed by atoms with Crippen LogP contribution in [0.1, 0.15) is 12.0 Å². The van der Waals surface area contributed by atoms with Gasteiger partial charge in [-0.25, -0.2) is 4.98 Å². The normalized spacial score (nSPS) is 10.6. The molecule has 0 aliphatic carbocycles. The zero-order valence-electron chi connectivity index (χ0n) is 9.56. The Balaban J connectivity index is 2.16. The van der Waals surface area contributed by atoms with Gasteiger partial charge in [-0.1, -0.05) is 24.3 Å². The van der Waals surface area contributed by atoms with Gasteiger partial charge in [0.1, 0.15) is 5.82 Å². The molecule has 0 aliphatic rings. The number of hydrogen-bond donors (Lipinski definition) is 1. The van der Waals surface area contributed by atoms with Crippen LogP contribution >= 0.6 is 0 Å². The lowest BCUT2D eigenvalue weighted by atomic mass is 10.1. The van der Waals surface area contributed by atoms with E-state index in [1.165, 1.54) is 5.56 Å². The third-order valence-corrected chi connectivity index (χ3v) is 2.70. The Bertz CT molecular complexity index is 442. The Labute approximate surface area is 95.9 Å². The standard InChI is InChI=1S/C13H17N3/c1-16-10-9-15-13(16)12-6-4-11(5-7-12)3-2-8-14/h4-7,9-10H,2-3,8,14H2,1H3. The molecule has 2 rings (SSSR count). The van der Waals surface area contributed by atoms with Crippen molar-refractivity contribution in [2.45, 2.75) is 12.8 Å². The van der Waals surface area contributed by atoms with Crippen LogP contribution in [-0.2, 0) is 13.5 Å². The lowest BCUT2D eigenvalue weighted by Crippen LogP contribution is -2.00.